The molecule has 2 unspecified atom stereocenters. The van der Waals surface area contributed by atoms with Crippen molar-refractivity contribution in [2.45, 2.75) is 33.3 Å². The molecule has 1 aliphatic rings. The second-order valence-electron chi connectivity index (χ2n) is 5.70. The highest BCUT2D eigenvalue weighted by molar-refractivity contribution is 4.84. The summed E-state index contributed by atoms with van der Waals surface area (Å²) in [7, 11) is 1.74. The first-order chi connectivity index (χ1) is 6.97. The summed E-state index contributed by atoms with van der Waals surface area (Å²) in [6.45, 7) is 11.0. The van der Waals surface area contributed by atoms with Crippen molar-refractivity contribution in [1.29, 1.82) is 0 Å². The van der Waals surface area contributed by atoms with E-state index in [1.54, 1.807) is 7.11 Å². The van der Waals surface area contributed by atoms with Crippen LogP contribution >= 0.6 is 0 Å². The van der Waals surface area contributed by atoms with Gasteiger partial charge < -0.3 is 15.4 Å². The zero-order chi connectivity index (χ0) is 11.5. The third-order valence-corrected chi connectivity index (χ3v) is 3.56. The van der Waals surface area contributed by atoms with Crippen LogP contribution in [-0.2, 0) is 4.74 Å². The normalized spacial score (nSPS) is 25.8. The van der Waals surface area contributed by atoms with Crippen LogP contribution in [0.1, 0.15) is 27.2 Å². The molecule has 2 atom stereocenters. The second-order valence-corrected chi connectivity index (χ2v) is 5.70. The number of ether oxygens (including phenoxy) is 1. The summed E-state index contributed by atoms with van der Waals surface area (Å²) in [4.78, 5) is 2.48. The Hall–Kier alpha value is -0.120. The number of hydrogen-bond acceptors (Lipinski definition) is 3. The topological polar surface area (TPSA) is 38.5 Å². The minimum absolute atomic E-state index is 0.198. The van der Waals surface area contributed by atoms with E-state index < -0.39 is 0 Å². The van der Waals surface area contributed by atoms with Gasteiger partial charge in [0.05, 0.1) is 6.10 Å². The van der Waals surface area contributed by atoms with Gasteiger partial charge in [-0.15, -0.1) is 0 Å². The molecule has 90 valence electrons. The highest BCUT2D eigenvalue weighted by Gasteiger charge is 2.32. The molecule has 1 heterocycles. The zero-order valence-corrected chi connectivity index (χ0v) is 10.6. The predicted octanol–water partition coefficient (Wildman–Crippen LogP) is 1.33. The van der Waals surface area contributed by atoms with E-state index in [9.17, 15) is 0 Å². The van der Waals surface area contributed by atoms with Crippen molar-refractivity contribution in [3.05, 3.63) is 0 Å². The van der Waals surface area contributed by atoms with Gasteiger partial charge in [-0.05, 0) is 24.3 Å². The molecule has 0 bridgehead atoms. The van der Waals surface area contributed by atoms with Crippen molar-refractivity contribution >= 4 is 0 Å². The Balaban J connectivity index is 2.36. The van der Waals surface area contributed by atoms with E-state index in [2.05, 4.69) is 25.7 Å². The number of methoxy groups -OCH3 is 1. The molecule has 0 amide bonds. The third-order valence-electron chi connectivity index (χ3n) is 3.56. The van der Waals surface area contributed by atoms with Crippen molar-refractivity contribution in [2.75, 3.05) is 33.3 Å². The van der Waals surface area contributed by atoms with E-state index in [1.165, 1.54) is 19.5 Å². The van der Waals surface area contributed by atoms with Gasteiger partial charge in [0.2, 0.25) is 0 Å². The van der Waals surface area contributed by atoms with E-state index in [0.29, 0.717) is 12.0 Å². The average Bonchev–Trinajstić information content (AvgIpc) is 2.61. The maximum Gasteiger partial charge on any atom is 0.0820 e. The zero-order valence-electron chi connectivity index (χ0n) is 10.6. The molecule has 0 aromatic carbocycles. The fourth-order valence-corrected chi connectivity index (χ4v) is 2.24. The molecule has 1 saturated heterocycles. The lowest BCUT2D eigenvalue weighted by molar-refractivity contribution is 0.0741. The predicted molar refractivity (Wildman–Crippen MR) is 63.9 cm³/mol. The smallest absolute Gasteiger partial charge is 0.0820 e. The molecule has 0 aromatic rings. The fourth-order valence-electron chi connectivity index (χ4n) is 2.24. The van der Waals surface area contributed by atoms with Crippen LogP contribution in [0.5, 0.6) is 0 Å². The summed E-state index contributed by atoms with van der Waals surface area (Å²) in [5, 5.41) is 0. The highest BCUT2D eigenvalue weighted by Crippen LogP contribution is 2.33. The van der Waals surface area contributed by atoms with Crippen molar-refractivity contribution < 1.29 is 4.74 Å². The Bertz CT molecular complexity index is 185. The van der Waals surface area contributed by atoms with Gasteiger partial charge in [-0.2, -0.15) is 0 Å². The van der Waals surface area contributed by atoms with Gasteiger partial charge in [0, 0.05) is 26.7 Å². The number of hydrogen-bond donors (Lipinski definition) is 1. The lowest BCUT2D eigenvalue weighted by atomic mass is 9.80. The van der Waals surface area contributed by atoms with Gasteiger partial charge in [0.15, 0.2) is 0 Å². The summed E-state index contributed by atoms with van der Waals surface area (Å²) >= 11 is 0. The van der Waals surface area contributed by atoms with Gasteiger partial charge >= 0.3 is 0 Å². The van der Waals surface area contributed by atoms with Crippen LogP contribution in [0.4, 0.5) is 0 Å². The fraction of sp³-hybridized carbons (Fsp3) is 1.00. The monoisotopic (exact) mass is 214 g/mol. The first-order valence-corrected chi connectivity index (χ1v) is 5.92. The van der Waals surface area contributed by atoms with Crippen molar-refractivity contribution in [1.82, 2.24) is 4.90 Å². The summed E-state index contributed by atoms with van der Waals surface area (Å²) in [5.41, 5.74) is 6.06. The maximum atomic E-state index is 5.63. The van der Waals surface area contributed by atoms with Gasteiger partial charge in [-0.1, -0.05) is 20.8 Å². The summed E-state index contributed by atoms with van der Waals surface area (Å²) in [6, 6.07) is 0. The molecule has 0 saturated carbocycles. The van der Waals surface area contributed by atoms with Crippen LogP contribution in [0, 0.1) is 11.3 Å². The molecule has 2 N–H and O–H groups in total. The van der Waals surface area contributed by atoms with Crippen molar-refractivity contribution in [2.24, 2.45) is 17.1 Å². The minimum Gasteiger partial charge on any atom is -0.379 e. The Morgan fingerprint density at radius 2 is 2.13 bits per heavy atom. The number of rotatable bonds is 4. The lowest BCUT2D eigenvalue weighted by Crippen LogP contribution is -2.37. The van der Waals surface area contributed by atoms with Gasteiger partial charge in [-0.25, -0.2) is 0 Å². The van der Waals surface area contributed by atoms with E-state index in [0.717, 1.165) is 12.5 Å². The summed E-state index contributed by atoms with van der Waals surface area (Å²) in [6.07, 6.45) is 1.51. The van der Waals surface area contributed by atoms with Gasteiger partial charge in [-0.3, -0.25) is 0 Å². The first kappa shape index (κ1) is 12.9. The SMILES string of the molecule is COC(CN)CN1CCC(C(C)(C)C)C1. The molecule has 1 rings (SSSR count). The summed E-state index contributed by atoms with van der Waals surface area (Å²) < 4.78 is 5.32. The number of nitrogens with two attached hydrogens (primary N) is 1. The Morgan fingerprint density at radius 1 is 1.47 bits per heavy atom. The molecular formula is C12H26N2O. The standard InChI is InChI=1S/C12H26N2O/c1-12(2,3)10-5-6-14(8-10)9-11(7-13)15-4/h10-11H,5-9,13H2,1-4H3. The van der Waals surface area contributed by atoms with Gasteiger partial charge in [0.25, 0.3) is 0 Å². The quantitative estimate of drug-likeness (QED) is 0.767. The Labute approximate surface area is 94.0 Å². The largest absolute Gasteiger partial charge is 0.379 e. The summed E-state index contributed by atoms with van der Waals surface area (Å²) in [5.74, 6) is 0.813. The molecule has 0 radical (unpaired) electrons. The van der Waals surface area contributed by atoms with E-state index >= 15 is 0 Å². The molecule has 1 aliphatic heterocycles. The highest BCUT2D eigenvalue weighted by atomic mass is 16.5. The van der Waals surface area contributed by atoms with E-state index in [-0.39, 0.29) is 6.10 Å². The molecule has 3 heteroatoms. The molecule has 0 spiro atoms. The molecule has 15 heavy (non-hydrogen) atoms. The molecule has 1 fully saturated rings. The van der Waals surface area contributed by atoms with Gasteiger partial charge in [0.1, 0.15) is 0 Å². The van der Waals surface area contributed by atoms with Crippen LogP contribution in [-0.4, -0.2) is 44.3 Å². The molecule has 0 aromatic heterocycles. The van der Waals surface area contributed by atoms with Crippen molar-refractivity contribution in [3.63, 3.8) is 0 Å². The minimum atomic E-state index is 0.198. The number of nitrogens with zero attached hydrogens (tertiary/aromatic N) is 1. The second kappa shape index (κ2) is 5.28. The van der Waals surface area contributed by atoms with E-state index in [1.807, 2.05) is 0 Å². The molecule has 3 nitrogen and oxygen atoms in total. The Morgan fingerprint density at radius 3 is 2.53 bits per heavy atom. The average molecular weight is 214 g/mol. The Kier molecular flexibility index (Phi) is 4.56. The van der Waals surface area contributed by atoms with Crippen molar-refractivity contribution in [3.8, 4) is 0 Å². The number of likely N-dealkylation sites (tertiary alicyclic amines) is 1. The first-order valence-electron chi connectivity index (χ1n) is 5.92. The molecule has 0 aliphatic carbocycles. The van der Waals surface area contributed by atoms with Crippen LogP contribution in [0.25, 0.3) is 0 Å². The third kappa shape index (κ3) is 3.74. The van der Waals surface area contributed by atoms with Crippen LogP contribution < -0.4 is 5.73 Å². The molecular weight excluding hydrogens is 188 g/mol. The van der Waals surface area contributed by atoms with E-state index in [4.69, 9.17) is 10.5 Å². The van der Waals surface area contributed by atoms with Crippen LogP contribution in [0.2, 0.25) is 0 Å². The van der Waals surface area contributed by atoms with Crippen LogP contribution in [0.3, 0.4) is 0 Å². The van der Waals surface area contributed by atoms with Crippen LogP contribution in [0.15, 0.2) is 0 Å². The lowest BCUT2D eigenvalue weighted by Gasteiger charge is -2.28. The maximum absolute atomic E-state index is 5.63.